The van der Waals surface area contributed by atoms with Gasteiger partial charge in [-0.2, -0.15) is 0 Å². The predicted molar refractivity (Wildman–Crippen MR) is 96.3 cm³/mol. The molecule has 0 unspecified atom stereocenters. The number of benzene rings is 3. The van der Waals surface area contributed by atoms with Gasteiger partial charge in [0.25, 0.3) is 0 Å². The van der Waals surface area contributed by atoms with E-state index in [0.29, 0.717) is 6.61 Å². The molecule has 0 amide bonds. The lowest BCUT2D eigenvalue weighted by molar-refractivity contribution is 0.283. The maximum absolute atomic E-state index is 8.85. The van der Waals surface area contributed by atoms with Crippen LogP contribution < -0.4 is 0 Å². The second-order valence-corrected chi connectivity index (χ2v) is 5.49. The number of hydrogen-bond acceptors (Lipinski definition) is 3. The van der Waals surface area contributed by atoms with Gasteiger partial charge in [-0.05, 0) is 58.5 Å². The van der Waals surface area contributed by atoms with Crippen LogP contribution in [-0.2, 0) is 6.42 Å². The van der Waals surface area contributed by atoms with Gasteiger partial charge in [0, 0.05) is 6.61 Å². The number of rotatable bonds is 5. The quantitative estimate of drug-likeness (QED) is 0.385. The molecule has 0 bridgehead atoms. The number of unbranched alkanes of at least 4 members (excludes halogenated alkanes) is 2. The Hall–Kier alpha value is -1.88. The van der Waals surface area contributed by atoms with Crippen LogP contribution in [-0.4, -0.2) is 29.4 Å². The van der Waals surface area contributed by atoms with Crippen LogP contribution in [0.3, 0.4) is 0 Å². The SMILES string of the molecule is OCCCCCc1cccc2cc3ccccc3cc12.O[B]O. The smallest absolute Gasteiger partial charge is 0.429 e. The van der Waals surface area contributed by atoms with E-state index in [0.717, 1.165) is 25.7 Å². The molecule has 1 radical (unpaired) electrons. The van der Waals surface area contributed by atoms with Crippen molar-refractivity contribution in [1.29, 1.82) is 0 Å². The average molecular weight is 309 g/mol. The summed E-state index contributed by atoms with van der Waals surface area (Å²) in [4.78, 5) is 0. The molecule has 0 saturated carbocycles. The van der Waals surface area contributed by atoms with Crippen LogP contribution in [0.5, 0.6) is 0 Å². The molecule has 0 saturated heterocycles. The van der Waals surface area contributed by atoms with E-state index in [1.807, 2.05) is 0 Å². The molecular formula is C19H22BO3. The topological polar surface area (TPSA) is 60.7 Å². The van der Waals surface area contributed by atoms with Gasteiger partial charge < -0.3 is 15.2 Å². The molecule has 0 heterocycles. The highest BCUT2D eigenvalue weighted by molar-refractivity contribution is 6.13. The van der Waals surface area contributed by atoms with Crippen molar-refractivity contribution in [2.45, 2.75) is 25.7 Å². The maximum Gasteiger partial charge on any atom is 0.482 e. The van der Waals surface area contributed by atoms with Crippen molar-refractivity contribution >= 4 is 29.2 Å². The zero-order valence-corrected chi connectivity index (χ0v) is 13.2. The van der Waals surface area contributed by atoms with Crippen molar-refractivity contribution < 1.29 is 15.2 Å². The van der Waals surface area contributed by atoms with Crippen molar-refractivity contribution in [3.8, 4) is 0 Å². The molecule has 0 aliphatic rings. The Balaban J connectivity index is 0.000000595. The van der Waals surface area contributed by atoms with Crippen molar-refractivity contribution in [3.63, 3.8) is 0 Å². The van der Waals surface area contributed by atoms with Gasteiger partial charge in [-0.15, -0.1) is 0 Å². The fourth-order valence-electron chi connectivity index (χ4n) is 2.85. The van der Waals surface area contributed by atoms with Crippen molar-refractivity contribution in [2.75, 3.05) is 6.61 Å². The highest BCUT2D eigenvalue weighted by Crippen LogP contribution is 2.26. The summed E-state index contributed by atoms with van der Waals surface area (Å²) in [5.74, 6) is 0. The van der Waals surface area contributed by atoms with Gasteiger partial charge in [0.15, 0.2) is 0 Å². The third-order valence-electron chi connectivity index (χ3n) is 3.94. The fraction of sp³-hybridized carbons (Fsp3) is 0.263. The summed E-state index contributed by atoms with van der Waals surface area (Å²) in [5, 5.41) is 28.2. The largest absolute Gasteiger partial charge is 0.482 e. The van der Waals surface area contributed by atoms with Crippen LogP contribution >= 0.6 is 0 Å². The predicted octanol–water partition coefficient (Wildman–Crippen LogP) is 3.20. The molecule has 23 heavy (non-hydrogen) atoms. The van der Waals surface area contributed by atoms with E-state index >= 15 is 0 Å². The van der Waals surface area contributed by atoms with E-state index < -0.39 is 0 Å². The Morgan fingerprint density at radius 1 is 0.739 bits per heavy atom. The summed E-state index contributed by atoms with van der Waals surface area (Å²) in [7, 11) is 0. The molecule has 3 N–H and O–H groups in total. The molecule has 0 aliphatic carbocycles. The lowest BCUT2D eigenvalue weighted by Gasteiger charge is -2.08. The third-order valence-corrected chi connectivity index (χ3v) is 3.94. The zero-order chi connectivity index (χ0) is 16.5. The Kier molecular flexibility index (Phi) is 7.07. The Morgan fingerprint density at radius 2 is 1.39 bits per heavy atom. The number of hydrogen-bond donors (Lipinski definition) is 3. The summed E-state index contributed by atoms with van der Waals surface area (Å²) in [6, 6.07) is 19.7. The summed E-state index contributed by atoms with van der Waals surface area (Å²) in [6.45, 7) is 0.306. The highest BCUT2D eigenvalue weighted by atomic mass is 16.4. The summed E-state index contributed by atoms with van der Waals surface area (Å²) in [5.41, 5.74) is 1.42. The fourth-order valence-corrected chi connectivity index (χ4v) is 2.85. The highest BCUT2D eigenvalue weighted by Gasteiger charge is 2.03. The molecule has 3 nitrogen and oxygen atoms in total. The molecule has 0 atom stereocenters. The molecule has 0 aromatic heterocycles. The van der Waals surface area contributed by atoms with Crippen molar-refractivity contribution in [2.24, 2.45) is 0 Å². The third kappa shape index (κ3) is 4.80. The van der Waals surface area contributed by atoms with E-state index in [2.05, 4.69) is 54.6 Å². The van der Waals surface area contributed by atoms with Gasteiger partial charge in [0.05, 0.1) is 0 Å². The Labute approximate surface area is 137 Å². The first-order valence-corrected chi connectivity index (χ1v) is 7.91. The number of aliphatic hydroxyl groups excluding tert-OH is 1. The molecule has 119 valence electrons. The zero-order valence-electron chi connectivity index (χ0n) is 13.2. The summed E-state index contributed by atoms with van der Waals surface area (Å²) in [6.07, 6.45) is 4.25. The first kappa shape index (κ1) is 17.5. The van der Waals surface area contributed by atoms with Crippen molar-refractivity contribution in [1.82, 2.24) is 0 Å². The van der Waals surface area contributed by atoms with E-state index in [4.69, 9.17) is 15.2 Å². The van der Waals surface area contributed by atoms with Gasteiger partial charge in [-0.3, -0.25) is 0 Å². The molecule has 3 aromatic rings. The van der Waals surface area contributed by atoms with Gasteiger partial charge in [0.2, 0.25) is 0 Å². The molecule has 3 aromatic carbocycles. The van der Waals surface area contributed by atoms with Crippen LogP contribution in [0.25, 0.3) is 21.5 Å². The molecule has 0 spiro atoms. The molecule has 3 rings (SSSR count). The second-order valence-electron chi connectivity index (χ2n) is 5.49. The van der Waals surface area contributed by atoms with E-state index in [1.54, 1.807) is 0 Å². The summed E-state index contributed by atoms with van der Waals surface area (Å²) < 4.78 is 0. The van der Waals surface area contributed by atoms with Gasteiger partial charge in [0.1, 0.15) is 0 Å². The van der Waals surface area contributed by atoms with Crippen LogP contribution in [0.1, 0.15) is 24.8 Å². The molecule has 4 heteroatoms. The molecule has 0 fully saturated rings. The van der Waals surface area contributed by atoms with Gasteiger partial charge in [-0.1, -0.05) is 48.9 Å². The number of aliphatic hydroxyl groups is 1. The first-order chi connectivity index (χ1) is 11.3. The Morgan fingerprint density at radius 3 is 2.09 bits per heavy atom. The van der Waals surface area contributed by atoms with E-state index in [1.165, 1.54) is 27.1 Å². The number of aryl methyl sites for hydroxylation is 1. The first-order valence-electron chi connectivity index (χ1n) is 7.91. The van der Waals surface area contributed by atoms with Gasteiger partial charge in [-0.25, -0.2) is 0 Å². The Bertz CT molecular complexity index is 743. The lowest BCUT2D eigenvalue weighted by Crippen LogP contribution is -1.90. The second kappa shape index (κ2) is 9.31. The minimum atomic E-state index is 0. The maximum atomic E-state index is 8.85. The van der Waals surface area contributed by atoms with E-state index in [9.17, 15) is 0 Å². The van der Waals surface area contributed by atoms with Crippen LogP contribution in [0.15, 0.2) is 54.6 Å². The average Bonchev–Trinajstić information content (AvgIpc) is 2.58. The van der Waals surface area contributed by atoms with Gasteiger partial charge >= 0.3 is 7.69 Å². The van der Waals surface area contributed by atoms with Crippen LogP contribution in [0.2, 0.25) is 0 Å². The van der Waals surface area contributed by atoms with Crippen molar-refractivity contribution in [3.05, 3.63) is 60.2 Å². The minimum Gasteiger partial charge on any atom is -0.429 e. The standard InChI is InChI=1S/C19H20O.BH2O2/c20-12-5-1-2-7-15-10-6-11-18-13-16-8-3-4-9-17(16)14-19(15)18;2-1-3/h3-4,6,8-11,13-14,20H,1-2,5,7,12H2;2-3H. The number of fused-ring (bicyclic) bond motifs is 2. The van der Waals surface area contributed by atoms with E-state index in [-0.39, 0.29) is 7.69 Å². The normalized spacial score (nSPS) is 10.4. The summed E-state index contributed by atoms with van der Waals surface area (Å²) >= 11 is 0. The van der Waals surface area contributed by atoms with Crippen LogP contribution in [0.4, 0.5) is 0 Å². The monoisotopic (exact) mass is 309 g/mol. The van der Waals surface area contributed by atoms with Crippen LogP contribution in [0, 0.1) is 0 Å². The molecular weight excluding hydrogens is 287 g/mol. The molecule has 0 aliphatic heterocycles. The lowest BCUT2D eigenvalue weighted by atomic mass is 9.97. The minimum absolute atomic E-state index is 0.